The highest BCUT2D eigenvalue weighted by molar-refractivity contribution is 7.09. The van der Waals surface area contributed by atoms with E-state index < -0.39 is 0 Å². The topological polar surface area (TPSA) is 59.5 Å². The zero-order chi connectivity index (χ0) is 18.1. The molecule has 2 heterocycles. The fraction of sp³-hybridized carbons (Fsp3) is 0.150. The van der Waals surface area contributed by atoms with E-state index in [0.29, 0.717) is 17.0 Å². The lowest BCUT2D eigenvalue weighted by Gasteiger charge is -2.29. The lowest BCUT2D eigenvalue weighted by molar-refractivity contribution is -0.121. The average Bonchev–Trinajstić information content (AvgIpc) is 3.10. The van der Waals surface area contributed by atoms with Crippen molar-refractivity contribution in [1.82, 2.24) is 4.98 Å². The number of carbonyl (C=O) groups excluding carboxylic acids is 2. The predicted molar refractivity (Wildman–Crippen MR) is 101 cm³/mol. The molecule has 0 unspecified atom stereocenters. The van der Waals surface area contributed by atoms with Gasteiger partial charge in [-0.2, -0.15) is 0 Å². The summed E-state index contributed by atoms with van der Waals surface area (Å²) in [5, 5.41) is 2.95. The molecule has 6 heteroatoms. The second-order valence-corrected chi connectivity index (χ2v) is 7.05. The van der Waals surface area contributed by atoms with Crippen molar-refractivity contribution in [2.45, 2.75) is 6.92 Å². The molecule has 1 aliphatic heterocycles. The maximum absolute atomic E-state index is 12.6. The van der Waals surface area contributed by atoms with Crippen molar-refractivity contribution in [2.24, 2.45) is 0 Å². The van der Waals surface area contributed by atoms with Crippen molar-refractivity contribution in [2.75, 3.05) is 18.1 Å². The number of Topliss-reactive ketones (excluding diaryl/α,β-unsaturated/α-hetero) is 1. The van der Waals surface area contributed by atoms with Crippen LogP contribution >= 0.6 is 11.3 Å². The number of carbonyl (C=O) groups is 2. The van der Waals surface area contributed by atoms with Crippen LogP contribution in [-0.2, 0) is 4.79 Å². The molecular formula is C20H16N2O3S. The van der Waals surface area contributed by atoms with Crippen molar-refractivity contribution >= 4 is 28.7 Å². The summed E-state index contributed by atoms with van der Waals surface area (Å²) in [7, 11) is 0. The van der Waals surface area contributed by atoms with Gasteiger partial charge >= 0.3 is 0 Å². The smallest absolute Gasteiger partial charge is 0.265 e. The van der Waals surface area contributed by atoms with Gasteiger partial charge < -0.3 is 4.74 Å². The Labute approximate surface area is 154 Å². The Balaban J connectivity index is 1.68. The third kappa shape index (κ3) is 3.11. The summed E-state index contributed by atoms with van der Waals surface area (Å²) in [6, 6.07) is 14.6. The van der Waals surface area contributed by atoms with E-state index in [9.17, 15) is 9.59 Å². The van der Waals surface area contributed by atoms with Gasteiger partial charge in [0, 0.05) is 16.5 Å². The van der Waals surface area contributed by atoms with Gasteiger partial charge in [0.1, 0.15) is 5.75 Å². The lowest BCUT2D eigenvalue weighted by atomic mass is 10.1. The van der Waals surface area contributed by atoms with Crippen LogP contribution < -0.4 is 9.64 Å². The monoisotopic (exact) mass is 364 g/mol. The van der Waals surface area contributed by atoms with Crippen molar-refractivity contribution in [1.29, 1.82) is 0 Å². The number of hydrogen-bond acceptors (Lipinski definition) is 5. The minimum Gasteiger partial charge on any atom is -0.482 e. The summed E-state index contributed by atoms with van der Waals surface area (Å²) < 4.78 is 5.53. The number of ether oxygens (including phenoxy) is 1. The first-order valence-corrected chi connectivity index (χ1v) is 9.08. The van der Waals surface area contributed by atoms with Crippen LogP contribution in [0.5, 0.6) is 5.75 Å². The van der Waals surface area contributed by atoms with E-state index >= 15 is 0 Å². The number of ketones is 1. The Bertz CT molecular complexity index is 982. The zero-order valence-corrected chi connectivity index (χ0v) is 15.0. The van der Waals surface area contributed by atoms with Gasteiger partial charge in [0.2, 0.25) is 0 Å². The van der Waals surface area contributed by atoms with Gasteiger partial charge in [-0.3, -0.25) is 14.5 Å². The third-order valence-corrected chi connectivity index (χ3v) is 4.99. The number of nitrogens with zero attached hydrogens (tertiary/aromatic N) is 2. The Hall–Kier alpha value is -2.99. The van der Waals surface area contributed by atoms with Crippen LogP contribution in [0.2, 0.25) is 0 Å². The van der Waals surface area contributed by atoms with Crippen LogP contribution in [-0.4, -0.2) is 29.8 Å². The number of anilines is 1. The molecule has 0 bridgehead atoms. The molecule has 0 saturated carbocycles. The third-order valence-electron chi connectivity index (χ3n) is 4.21. The van der Waals surface area contributed by atoms with Gasteiger partial charge in [-0.05, 0) is 25.1 Å². The molecule has 1 amide bonds. The first-order valence-electron chi connectivity index (χ1n) is 8.20. The fourth-order valence-electron chi connectivity index (χ4n) is 2.89. The standard InChI is InChI=1S/C20H16N2O3S/c1-13-21-16(12-26-13)15-7-8-19-17(9-15)22(20(24)11-25-19)10-18(23)14-5-3-2-4-6-14/h2-9,12H,10-11H2,1H3. The van der Waals surface area contributed by atoms with Crippen LogP contribution in [0.15, 0.2) is 53.9 Å². The summed E-state index contributed by atoms with van der Waals surface area (Å²) in [5.41, 5.74) is 2.93. The van der Waals surface area contributed by atoms with E-state index in [1.807, 2.05) is 48.7 Å². The number of fused-ring (bicyclic) bond motifs is 1. The quantitative estimate of drug-likeness (QED) is 0.662. The van der Waals surface area contributed by atoms with E-state index in [1.54, 1.807) is 23.5 Å². The highest BCUT2D eigenvalue weighted by Crippen LogP contribution is 2.36. The van der Waals surface area contributed by atoms with Crippen molar-refractivity contribution in [3.63, 3.8) is 0 Å². The molecule has 0 aliphatic carbocycles. The van der Waals surface area contributed by atoms with E-state index in [4.69, 9.17) is 4.74 Å². The first-order chi connectivity index (χ1) is 12.6. The Morgan fingerprint density at radius 3 is 2.77 bits per heavy atom. The highest BCUT2D eigenvalue weighted by atomic mass is 32.1. The molecule has 0 spiro atoms. The summed E-state index contributed by atoms with van der Waals surface area (Å²) in [5.74, 6) is 0.260. The molecule has 0 atom stereocenters. The van der Waals surface area contributed by atoms with E-state index in [-0.39, 0.29) is 24.8 Å². The largest absolute Gasteiger partial charge is 0.482 e. The Morgan fingerprint density at radius 1 is 1.23 bits per heavy atom. The van der Waals surface area contributed by atoms with Crippen molar-refractivity contribution < 1.29 is 14.3 Å². The van der Waals surface area contributed by atoms with Crippen LogP contribution in [0.4, 0.5) is 5.69 Å². The number of hydrogen-bond donors (Lipinski definition) is 0. The van der Waals surface area contributed by atoms with Crippen molar-refractivity contribution in [3.05, 3.63) is 64.5 Å². The molecule has 4 rings (SSSR count). The minimum absolute atomic E-state index is 0.0151. The number of amides is 1. The van der Waals surface area contributed by atoms with Gasteiger partial charge in [-0.1, -0.05) is 30.3 Å². The molecule has 130 valence electrons. The van der Waals surface area contributed by atoms with Crippen molar-refractivity contribution in [3.8, 4) is 17.0 Å². The second-order valence-electron chi connectivity index (χ2n) is 5.99. The lowest BCUT2D eigenvalue weighted by Crippen LogP contribution is -2.42. The fourth-order valence-corrected chi connectivity index (χ4v) is 3.51. The van der Waals surface area contributed by atoms with Gasteiger partial charge in [-0.25, -0.2) is 4.98 Å². The molecule has 0 N–H and O–H groups in total. The SMILES string of the molecule is Cc1nc(-c2ccc3c(c2)N(CC(=O)c2ccccc2)C(=O)CO3)cs1. The Kier molecular flexibility index (Phi) is 4.26. The first kappa shape index (κ1) is 16.5. The van der Waals surface area contributed by atoms with E-state index in [0.717, 1.165) is 16.3 Å². The molecule has 0 saturated heterocycles. The number of benzene rings is 2. The highest BCUT2D eigenvalue weighted by Gasteiger charge is 2.28. The summed E-state index contributed by atoms with van der Waals surface area (Å²) in [6.45, 7) is 1.87. The number of rotatable bonds is 4. The van der Waals surface area contributed by atoms with Gasteiger partial charge in [0.15, 0.2) is 12.4 Å². The zero-order valence-electron chi connectivity index (χ0n) is 14.1. The summed E-state index contributed by atoms with van der Waals surface area (Å²) >= 11 is 1.57. The molecule has 26 heavy (non-hydrogen) atoms. The number of aromatic nitrogens is 1. The molecule has 0 fully saturated rings. The van der Waals surface area contributed by atoms with Crippen LogP contribution in [0.25, 0.3) is 11.3 Å². The minimum atomic E-state index is -0.228. The van der Waals surface area contributed by atoms with Crippen LogP contribution in [0.3, 0.4) is 0 Å². The molecule has 0 radical (unpaired) electrons. The Morgan fingerprint density at radius 2 is 2.04 bits per heavy atom. The second kappa shape index (κ2) is 6.72. The van der Waals surface area contributed by atoms with E-state index in [1.165, 1.54) is 4.90 Å². The van der Waals surface area contributed by atoms with Gasteiger partial charge in [0.25, 0.3) is 5.91 Å². The van der Waals surface area contributed by atoms with Crippen LogP contribution in [0, 0.1) is 6.92 Å². The number of thiazole rings is 1. The van der Waals surface area contributed by atoms with Gasteiger partial charge in [-0.15, -0.1) is 11.3 Å². The van der Waals surface area contributed by atoms with Crippen LogP contribution in [0.1, 0.15) is 15.4 Å². The molecule has 1 aliphatic rings. The van der Waals surface area contributed by atoms with E-state index in [2.05, 4.69) is 4.98 Å². The number of aryl methyl sites for hydroxylation is 1. The summed E-state index contributed by atoms with van der Waals surface area (Å²) in [6.07, 6.45) is 0. The molecule has 3 aromatic rings. The normalized spacial score (nSPS) is 13.3. The molecular weight excluding hydrogens is 348 g/mol. The van der Waals surface area contributed by atoms with Gasteiger partial charge in [0.05, 0.1) is 22.9 Å². The average molecular weight is 364 g/mol. The molecule has 5 nitrogen and oxygen atoms in total. The predicted octanol–water partition coefficient (Wildman–Crippen LogP) is 3.73. The summed E-state index contributed by atoms with van der Waals surface area (Å²) in [4.78, 5) is 31.0. The molecule has 1 aromatic heterocycles. The maximum Gasteiger partial charge on any atom is 0.265 e. The maximum atomic E-state index is 12.6. The molecule has 2 aromatic carbocycles.